The lowest BCUT2D eigenvalue weighted by Crippen LogP contribution is -2.22. The van der Waals surface area contributed by atoms with Gasteiger partial charge in [0.25, 0.3) is 0 Å². The molecule has 1 nitrogen and oxygen atoms in total. The van der Waals surface area contributed by atoms with Gasteiger partial charge in [0.1, 0.15) is 5.82 Å². The van der Waals surface area contributed by atoms with E-state index < -0.39 is 23.7 Å². The summed E-state index contributed by atoms with van der Waals surface area (Å²) in [5.41, 5.74) is -1.28. The Morgan fingerprint density at radius 1 is 1.15 bits per heavy atom. The van der Waals surface area contributed by atoms with Gasteiger partial charge in [-0.2, -0.15) is 13.2 Å². The van der Waals surface area contributed by atoms with Gasteiger partial charge in [0.15, 0.2) is 0 Å². The summed E-state index contributed by atoms with van der Waals surface area (Å²) in [6, 6.07) is 2.30. The molecule has 1 atom stereocenters. The third kappa shape index (κ3) is 3.32. The van der Waals surface area contributed by atoms with Gasteiger partial charge in [-0.25, -0.2) is 4.39 Å². The monoisotopic (exact) mass is 290 g/mol. The summed E-state index contributed by atoms with van der Waals surface area (Å²) in [7, 11) is 0. The second-order valence-electron chi connectivity index (χ2n) is 5.69. The summed E-state index contributed by atoms with van der Waals surface area (Å²) in [4.78, 5) is 0. The van der Waals surface area contributed by atoms with E-state index >= 15 is 0 Å². The van der Waals surface area contributed by atoms with Crippen molar-refractivity contribution in [3.05, 3.63) is 35.1 Å². The van der Waals surface area contributed by atoms with E-state index in [1.807, 2.05) is 0 Å². The number of rotatable bonds is 2. The van der Waals surface area contributed by atoms with Crippen LogP contribution in [0.1, 0.15) is 49.8 Å². The van der Waals surface area contributed by atoms with Gasteiger partial charge in [-0.1, -0.05) is 19.8 Å². The van der Waals surface area contributed by atoms with Crippen molar-refractivity contribution in [2.45, 2.75) is 44.9 Å². The van der Waals surface area contributed by atoms with E-state index in [9.17, 15) is 22.7 Å². The highest BCUT2D eigenvalue weighted by molar-refractivity contribution is 5.32. The Kier molecular flexibility index (Phi) is 4.37. The van der Waals surface area contributed by atoms with Crippen molar-refractivity contribution in [3.8, 4) is 0 Å². The first-order chi connectivity index (χ1) is 9.29. The van der Waals surface area contributed by atoms with Crippen LogP contribution in [0.2, 0.25) is 0 Å². The van der Waals surface area contributed by atoms with Gasteiger partial charge in [0.05, 0.1) is 11.7 Å². The molecule has 1 aromatic carbocycles. The van der Waals surface area contributed by atoms with Crippen LogP contribution in [0.15, 0.2) is 18.2 Å². The minimum absolute atomic E-state index is 0.228. The number of hydrogen-bond donors (Lipinski definition) is 1. The Balaban J connectivity index is 2.29. The van der Waals surface area contributed by atoms with E-state index in [2.05, 4.69) is 6.92 Å². The number of benzene rings is 1. The zero-order valence-corrected chi connectivity index (χ0v) is 11.3. The highest BCUT2D eigenvalue weighted by Gasteiger charge is 2.37. The van der Waals surface area contributed by atoms with Crippen LogP contribution < -0.4 is 0 Å². The standard InChI is InChI=1S/C15H18F4O/c1-9-2-4-10(5-3-9)14(20)12-8-11(16)6-7-13(12)15(17,18)19/h6-10,14,20H,2-5H2,1H3. The number of aliphatic hydroxyl groups is 1. The molecule has 1 aliphatic rings. The third-order valence-corrected chi connectivity index (χ3v) is 4.14. The van der Waals surface area contributed by atoms with Crippen molar-refractivity contribution >= 4 is 0 Å². The molecule has 1 unspecified atom stereocenters. The summed E-state index contributed by atoms with van der Waals surface area (Å²) in [5, 5.41) is 10.2. The quantitative estimate of drug-likeness (QED) is 0.782. The minimum Gasteiger partial charge on any atom is -0.388 e. The predicted molar refractivity (Wildman–Crippen MR) is 67.5 cm³/mol. The van der Waals surface area contributed by atoms with Crippen molar-refractivity contribution in [1.82, 2.24) is 0 Å². The Morgan fingerprint density at radius 3 is 2.30 bits per heavy atom. The smallest absolute Gasteiger partial charge is 0.388 e. The van der Waals surface area contributed by atoms with Crippen LogP contribution in [-0.2, 0) is 6.18 Å². The van der Waals surface area contributed by atoms with Gasteiger partial charge < -0.3 is 5.11 Å². The molecule has 0 amide bonds. The molecule has 0 bridgehead atoms. The summed E-state index contributed by atoms with van der Waals surface area (Å²) in [5.74, 6) is -0.446. The first kappa shape index (κ1) is 15.3. The molecular formula is C15H18F4O. The maximum absolute atomic E-state index is 13.2. The summed E-state index contributed by atoms with van der Waals surface area (Å²) < 4.78 is 52.1. The van der Waals surface area contributed by atoms with E-state index in [-0.39, 0.29) is 11.5 Å². The lowest BCUT2D eigenvalue weighted by atomic mass is 9.78. The van der Waals surface area contributed by atoms with Crippen LogP contribution in [0, 0.1) is 17.7 Å². The Labute approximate surface area is 115 Å². The maximum atomic E-state index is 13.2. The predicted octanol–water partition coefficient (Wildman–Crippen LogP) is 4.70. The molecule has 1 aliphatic carbocycles. The lowest BCUT2D eigenvalue weighted by molar-refractivity contribution is -0.139. The molecule has 5 heteroatoms. The molecule has 0 aromatic heterocycles. The third-order valence-electron chi connectivity index (χ3n) is 4.14. The van der Waals surface area contributed by atoms with E-state index in [0.717, 1.165) is 25.0 Å². The first-order valence-electron chi connectivity index (χ1n) is 6.83. The van der Waals surface area contributed by atoms with Crippen LogP contribution >= 0.6 is 0 Å². The molecule has 112 valence electrons. The first-order valence-corrected chi connectivity index (χ1v) is 6.83. The van der Waals surface area contributed by atoms with Gasteiger partial charge in [-0.3, -0.25) is 0 Å². The molecular weight excluding hydrogens is 272 g/mol. The fraction of sp³-hybridized carbons (Fsp3) is 0.600. The summed E-state index contributed by atoms with van der Waals surface area (Å²) in [6.45, 7) is 2.09. The fourth-order valence-corrected chi connectivity index (χ4v) is 2.89. The number of halogens is 4. The lowest BCUT2D eigenvalue weighted by Gasteiger charge is -2.31. The minimum atomic E-state index is -4.58. The second kappa shape index (κ2) is 5.72. The Morgan fingerprint density at radius 2 is 1.75 bits per heavy atom. The van der Waals surface area contributed by atoms with Crippen LogP contribution in [0.3, 0.4) is 0 Å². The van der Waals surface area contributed by atoms with Crippen molar-refractivity contribution in [3.63, 3.8) is 0 Å². The molecule has 0 spiro atoms. The van der Waals surface area contributed by atoms with Gasteiger partial charge in [0, 0.05) is 0 Å². The van der Waals surface area contributed by atoms with Crippen LogP contribution in [-0.4, -0.2) is 5.11 Å². The Hall–Kier alpha value is -1.10. The zero-order valence-electron chi connectivity index (χ0n) is 11.3. The molecule has 0 radical (unpaired) electrons. The van der Waals surface area contributed by atoms with E-state index in [1.54, 1.807) is 0 Å². The van der Waals surface area contributed by atoms with Crippen molar-refractivity contribution in [2.24, 2.45) is 11.8 Å². The second-order valence-corrected chi connectivity index (χ2v) is 5.69. The normalized spacial score (nSPS) is 25.5. The van der Waals surface area contributed by atoms with Gasteiger partial charge >= 0.3 is 6.18 Å². The van der Waals surface area contributed by atoms with Crippen molar-refractivity contribution in [1.29, 1.82) is 0 Å². The van der Waals surface area contributed by atoms with Gasteiger partial charge in [-0.15, -0.1) is 0 Å². The highest BCUT2D eigenvalue weighted by Crippen LogP contribution is 2.41. The molecule has 1 saturated carbocycles. The Bertz CT molecular complexity index is 461. The summed E-state index contributed by atoms with van der Waals surface area (Å²) >= 11 is 0. The fourth-order valence-electron chi connectivity index (χ4n) is 2.89. The van der Waals surface area contributed by atoms with E-state index in [1.165, 1.54) is 0 Å². The molecule has 1 N–H and O–H groups in total. The number of hydrogen-bond acceptors (Lipinski definition) is 1. The molecule has 20 heavy (non-hydrogen) atoms. The van der Waals surface area contributed by atoms with Crippen LogP contribution in [0.25, 0.3) is 0 Å². The van der Waals surface area contributed by atoms with Crippen LogP contribution in [0.5, 0.6) is 0 Å². The van der Waals surface area contributed by atoms with Gasteiger partial charge in [-0.05, 0) is 48.4 Å². The average molecular weight is 290 g/mol. The van der Waals surface area contributed by atoms with Crippen LogP contribution in [0.4, 0.5) is 17.6 Å². The topological polar surface area (TPSA) is 20.2 Å². The van der Waals surface area contributed by atoms with Gasteiger partial charge in [0.2, 0.25) is 0 Å². The summed E-state index contributed by atoms with van der Waals surface area (Å²) in [6.07, 6.45) is -2.70. The average Bonchev–Trinajstić information content (AvgIpc) is 2.37. The molecule has 1 fully saturated rings. The molecule has 0 saturated heterocycles. The maximum Gasteiger partial charge on any atom is 0.416 e. The highest BCUT2D eigenvalue weighted by atomic mass is 19.4. The van der Waals surface area contributed by atoms with E-state index in [4.69, 9.17) is 0 Å². The largest absolute Gasteiger partial charge is 0.416 e. The number of alkyl halides is 3. The van der Waals surface area contributed by atoms with Crippen molar-refractivity contribution in [2.75, 3.05) is 0 Å². The molecule has 2 rings (SSSR count). The van der Waals surface area contributed by atoms with E-state index in [0.29, 0.717) is 24.8 Å². The molecule has 0 aliphatic heterocycles. The SMILES string of the molecule is CC1CCC(C(O)c2cc(F)ccc2C(F)(F)F)CC1. The molecule has 1 aromatic rings. The van der Waals surface area contributed by atoms with Crippen molar-refractivity contribution < 1.29 is 22.7 Å². The zero-order chi connectivity index (χ0) is 14.9. The molecule has 0 heterocycles. The number of aliphatic hydroxyl groups excluding tert-OH is 1.